The second-order valence-electron chi connectivity index (χ2n) is 5.32. The fourth-order valence-corrected chi connectivity index (χ4v) is 1.70. The highest BCUT2D eigenvalue weighted by Gasteiger charge is 2.31. The van der Waals surface area contributed by atoms with E-state index in [0.717, 1.165) is 5.56 Å². The van der Waals surface area contributed by atoms with Gasteiger partial charge in [0.15, 0.2) is 0 Å². The summed E-state index contributed by atoms with van der Waals surface area (Å²) in [5.41, 5.74) is 0.993. The second-order valence-corrected chi connectivity index (χ2v) is 5.32. The highest BCUT2D eigenvalue weighted by molar-refractivity contribution is 5.13. The summed E-state index contributed by atoms with van der Waals surface area (Å²) in [6, 6.07) is 9.65. The Hall–Kier alpha value is -0.930. The van der Waals surface area contributed by atoms with Crippen molar-refractivity contribution in [1.82, 2.24) is 0 Å². The van der Waals surface area contributed by atoms with Gasteiger partial charge in [0.05, 0.1) is 27.7 Å². The molecule has 0 aromatic heterocycles. The summed E-state index contributed by atoms with van der Waals surface area (Å²) >= 11 is 0. The van der Waals surface area contributed by atoms with Crippen LogP contribution in [0.4, 0.5) is 4.39 Å². The number of alkyl halides is 1. The summed E-state index contributed by atoms with van der Waals surface area (Å²) in [6.07, 6.45) is 0. The topological polar surface area (TPSA) is 9.23 Å². The number of hydrogen-bond donors (Lipinski definition) is 0. The van der Waals surface area contributed by atoms with Crippen LogP contribution in [0.2, 0.25) is 0 Å². The highest BCUT2D eigenvalue weighted by Crippen LogP contribution is 2.18. The van der Waals surface area contributed by atoms with Crippen LogP contribution in [0, 0.1) is 0 Å². The van der Waals surface area contributed by atoms with Crippen LogP contribution in [0.25, 0.3) is 0 Å². The van der Waals surface area contributed by atoms with Crippen LogP contribution >= 0.6 is 0 Å². The van der Waals surface area contributed by atoms with E-state index in [2.05, 4.69) is 0 Å². The first-order valence-corrected chi connectivity index (χ1v) is 5.46. The molecule has 0 N–H and O–H groups in total. The van der Waals surface area contributed by atoms with Gasteiger partial charge in [0.2, 0.25) is 0 Å². The van der Waals surface area contributed by atoms with E-state index < -0.39 is 5.85 Å². The van der Waals surface area contributed by atoms with Crippen molar-refractivity contribution in [2.75, 3.05) is 27.7 Å². The van der Waals surface area contributed by atoms with Crippen LogP contribution in [0.3, 0.4) is 0 Å². The Morgan fingerprint density at radius 3 is 2.25 bits per heavy atom. The smallest absolute Gasteiger partial charge is 0.256 e. The van der Waals surface area contributed by atoms with Gasteiger partial charge < -0.3 is 9.22 Å². The van der Waals surface area contributed by atoms with E-state index in [1.807, 2.05) is 51.5 Å². The molecule has 2 nitrogen and oxygen atoms in total. The molecule has 1 atom stereocenters. The summed E-state index contributed by atoms with van der Waals surface area (Å²) in [5, 5.41) is 0. The summed E-state index contributed by atoms with van der Waals surface area (Å²) in [6.45, 7) is 2.13. The monoisotopic (exact) mass is 226 g/mol. The van der Waals surface area contributed by atoms with Crippen LogP contribution in [-0.4, -0.2) is 38.0 Å². The Morgan fingerprint density at radius 2 is 1.75 bits per heavy atom. The first-order valence-electron chi connectivity index (χ1n) is 5.46. The normalized spacial score (nSPS) is 15.8. The maximum absolute atomic E-state index is 14.0. The number of nitrogens with zero attached hydrogens (tertiary/aromatic N) is 1. The van der Waals surface area contributed by atoms with Crippen molar-refractivity contribution in [3.05, 3.63) is 35.9 Å². The molecule has 0 saturated carbocycles. The van der Waals surface area contributed by atoms with Crippen LogP contribution < -0.4 is 0 Å². The Kier molecular flexibility index (Phi) is 4.05. The molecule has 0 fully saturated rings. The van der Waals surface area contributed by atoms with Crippen molar-refractivity contribution >= 4 is 0 Å². The van der Waals surface area contributed by atoms with Crippen molar-refractivity contribution in [3.63, 3.8) is 0 Å². The number of benzene rings is 1. The van der Waals surface area contributed by atoms with Crippen LogP contribution in [0.5, 0.6) is 0 Å². The van der Waals surface area contributed by atoms with Crippen molar-refractivity contribution in [3.8, 4) is 0 Å². The third-order valence-electron chi connectivity index (χ3n) is 2.14. The largest absolute Gasteiger partial charge is 0.337 e. The van der Waals surface area contributed by atoms with Gasteiger partial charge in [-0.3, -0.25) is 0 Å². The summed E-state index contributed by atoms with van der Waals surface area (Å²) < 4.78 is 19.9. The summed E-state index contributed by atoms with van der Waals surface area (Å²) in [4.78, 5) is 0. The van der Waals surface area contributed by atoms with E-state index in [1.54, 1.807) is 0 Å². The molecule has 1 aromatic carbocycles. The molecule has 1 aromatic rings. The maximum Gasteiger partial charge on any atom is 0.256 e. The van der Waals surface area contributed by atoms with E-state index in [0.29, 0.717) is 17.6 Å². The number of hydrogen-bond acceptors (Lipinski definition) is 1. The SMILES string of the molecule is CC(F)(C[N+](C)(C)C)OCc1ccccc1. The van der Waals surface area contributed by atoms with Gasteiger partial charge in [-0.2, -0.15) is 0 Å². The third kappa shape index (κ3) is 5.24. The van der Waals surface area contributed by atoms with Crippen LogP contribution in [-0.2, 0) is 11.3 Å². The van der Waals surface area contributed by atoms with E-state index in [9.17, 15) is 4.39 Å². The van der Waals surface area contributed by atoms with Crippen molar-refractivity contribution < 1.29 is 13.6 Å². The lowest BCUT2D eigenvalue weighted by Crippen LogP contribution is -2.46. The maximum atomic E-state index is 14.0. The van der Waals surface area contributed by atoms with E-state index >= 15 is 0 Å². The molecular weight excluding hydrogens is 205 g/mol. The van der Waals surface area contributed by atoms with Crippen molar-refractivity contribution in [1.29, 1.82) is 0 Å². The van der Waals surface area contributed by atoms with Gasteiger partial charge >= 0.3 is 0 Å². The molecule has 0 spiro atoms. The van der Waals surface area contributed by atoms with Gasteiger partial charge in [-0.1, -0.05) is 30.3 Å². The standard InChI is InChI=1S/C13H21FNO/c1-13(14,11-15(2,3)4)16-10-12-8-6-5-7-9-12/h5-9H,10-11H2,1-4H3/q+1. The highest BCUT2D eigenvalue weighted by atomic mass is 19.2. The lowest BCUT2D eigenvalue weighted by Gasteiger charge is -2.31. The molecule has 0 aliphatic rings. The van der Waals surface area contributed by atoms with E-state index in [-0.39, 0.29) is 0 Å². The minimum absolute atomic E-state index is 0.313. The Bertz CT molecular complexity index is 316. The number of quaternary nitrogens is 1. The Morgan fingerprint density at radius 1 is 1.19 bits per heavy atom. The van der Waals surface area contributed by atoms with Gasteiger partial charge in [0, 0.05) is 6.92 Å². The lowest BCUT2D eigenvalue weighted by molar-refractivity contribution is -0.879. The Balaban J connectivity index is 2.48. The van der Waals surface area contributed by atoms with Crippen molar-refractivity contribution in [2.45, 2.75) is 19.4 Å². The zero-order valence-electron chi connectivity index (χ0n) is 10.5. The molecule has 90 valence electrons. The molecule has 3 heteroatoms. The molecule has 0 saturated heterocycles. The number of halogens is 1. The molecule has 1 unspecified atom stereocenters. The van der Waals surface area contributed by atoms with E-state index in [1.165, 1.54) is 6.92 Å². The zero-order valence-corrected chi connectivity index (χ0v) is 10.5. The average Bonchev–Trinajstić information content (AvgIpc) is 2.13. The van der Waals surface area contributed by atoms with Gasteiger partial charge in [-0.15, -0.1) is 0 Å². The zero-order chi connectivity index (χ0) is 12.2. The number of ether oxygens (including phenoxy) is 1. The van der Waals surface area contributed by atoms with E-state index in [4.69, 9.17) is 4.74 Å². The molecule has 1 rings (SSSR count). The van der Waals surface area contributed by atoms with Gasteiger partial charge in [0.25, 0.3) is 5.85 Å². The first-order chi connectivity index (χ1) is 7.29. The fourth-order valence-electron chi connectivity index (χ4n) is 1.70. The molecule has 16 heavy (non-hydrogen) atoms. The molecule has 0 heterocycles. The van der Waals surface area contributed by atoms with Gasteiger partial charge in [-0.25, -0.2) is 4.39 Å². The first kappa shape index (κ1) is 13.1. The quantitative estimate of drug-likeness (QED) is 0.701. The fraction of sp³-hybridized carbons (Fsp3) is 0.538. The average molecular weight is 226 g/mol. The predicted octanol–water partition coefficient (Wildman–Crippen LogP) is 2.60. The minimum atomic E-state index is -1.59. The third-order valence-corrected chi connectivity index (χ3v) is 2.14. The molecule has 0 amide bonds. The van der Waals surface area contributed by atoms with Gasteiger partial charge in [-0.05, 0) is 5.56 Å². The van der Waals surface area contributed by atoms with Crippen LogP contribution in [0.15, 0.2) is 30.3 Å². The molecule has 0 radical (unpaired) electrons. The number of rotatable bonds is 5. The molecule has 0 bridgehead atoms. The molecular formula is C13H21FNO+. The summed E-state index contributed by atoms with van der Waals surface area (Å²) in [5.74, 6) is -1.59. The Labute approximate surface area is 97.2 Å². The minimum Gasteiger partial charge on any atom is -0.337 e. The molecule has 0 aliphatic heterocycles. The second kappa shape index (κ2) is 4.93. The van der Waals surface area contributed by atoms with Crippen LogP contribution in [0.1, 0.15) is 12.5 Å². The summed E-state index contributed by atoms with van der Waals surface area (Å²) in [7, 11) is 5.84. The van der Waals surface area contributed by atoms with Gasteiger partial charge in [0.1, 0.15) is 6.54 Å². The number of likely N-dealkylation sites (N-methyl/N-ethyl adjacent to an activating group) is 1. The predicted molar refractivity (Wildman–Crippen MR) is 63.6 cm³/mol. The van der Waals surface area contributed by atoms with Crippen molar-refractivity contribution in [2.24, 2.45) is 0 Å². The molecule has 0 aliphatic carbocycles. The lowest BCUT2D eigenvalue weighted by atomic mass is 10.2.